The fourth-order valence-corrected chi connectivity index (χ4v) is 3.03. The molecule has 0 spiro atoms. The first-order valence-electron chi connectivity index (χ1n) is 7.63. The van der Waals surface area contributed by atoms with Gasteiger partial charge in [-0.1, -0.05) is 6.07 Å². The summed E-state index contributed by atoms with van der Waals surface area (Å²) >= 11 is 0. The molecule has 2 fully saturated rings. The monoisotopic (exact) mass is 324 g/mol. The molecule has 0 aromatic heterocycles. The molecule has 2 heterocycles. The summed E-state index contributed by atoms with van der Waals surface area (Å²) in [5.41, 5.74) is 0.124. The molecule has 0 aliphatic carbocycles. The minimum atomic E-state index is -1.25. The maximum Gasteiger partial charge on any atom is 0.254 e. The Morgan fingerprint density at radius 2 is 1.96 bits per heavy atom. The van der Waals surface area contributed by atoms with Crippen molar-refractivity contribution < 1.29 is 23.1 Å². The van der Waals surface area contributed by atoms with Gasteiger partial charge in [0.25, 0.3) is 5.91 Å². The maximum atomic E-state index is 13.8. The van der Waals surface area contributed by atoms with Gasteiger partial charge in [0.15, 0.2) is 0 Å². The molecule has 2 saturated heterocycles. The van der Waals surface area contributed by atoms with Crippen LogP contribution in [0.2, 0.25) is 0 Å². The Morgan fingerprint density at radius 3 is 2.65 bits per heavy atom. The Hall–Kier alpha value is -2.02. The standard InChI is InChI=1S/C16H18F2N2O3/c17-12-3-1-2-11(8-12)15(21)20-10-13(18)9-14(20)16(22)19-4-6-23-7-5-19/h1-3,8,13-14H,4-7,9-10H2/t13-,14-/m0/s1. The number of likely N-dealkylation sites (tertiary alicyclic amines) is 1. The van der Waals surface area contributed by atoms with Crippen LogP contribution >= 0.6 is 0 Å². The smallest absolute Gasteiger partial charge is 0.254 e. The molecule has 0 radical (unpaired) electrons. The molecule has 2 atom stereocenters. The summed E-state index contributed by atoms with van der Waals surface area (Å²) in [7, 11) is 0. The number of halogens is 2. The van der Waals surface area contributed by atoms with Crippen molar-refractivity contribution in [3.63, 3.8) is 0 Å². The van der Waals surface area contributed by atoms with Crippen LogP contribution in [0.1, 0.15) is 16.8 Å². The van der Waals surface area contributed by atoms with Crippen LogP contribution < -0.4 is 0 Å². The van der Waals surface area contributed by atoms with E-state index in [0.717, 1.165) is 6.07 Å². The zero-order valence-corrected chi connectivity index (χ0v) is 12.6. The van der Waals surface area contributed by atoms with Crippen molar-refractivity contribution in [3.05, 3.63) is 35.6 Å². The van der Waals surface area contributed by atoms with E-state index in [2.05, 4.69) is 0 Å². The van der Waals surface area contributed by atoms with Crippen LogP contribution in [0.3, 0.4) is 0 Å². The molecule has 3 rings (SSSR count). The Morgan fingerprint density at radius 1 is 1.22 bits per heavy atom. The van der Waals surface area contributed by atoms with Crippen LogP contribution in [-0.4, -0.2) is 66.7 Å². The number of amides is 2. The maximum absolute atomic E-state index is 13.8. The first-order valence-corrected chi connectivity index (χ1v) is 7.63. The van der Waals surface area contributed by atoms with E-state index >= 15 is 0 Å². The predicted octanol–water partition coefficient (Wildman–Crippen LogP) is 1.24. The largest absolute Gasteiger partial charge is 0.378 e. The van der Waals surface area contributed by atoms with Crippen molar-refractivity contribution in [2.75, 3.05) is 32.8 Å². The van der Waals surface area contributed by atoms with Gasteiger partial charge in [-0.25, -0.2) is 8.78 Å². The van der Waals surface area contributed by atoms with Gasteiger partial charge in [0, 0.05) is 25.1 Å². The van der Waals surface area contributed by atoms with Crippen LogP contribution in [0.15, 0.2) is 24.3 Å². The van der Waals surface area contributed by atoms with Crippen LogP contribution in [-0.2, 0) is 9.53 Å². The number of benzene rings is 1. The molecule has 124 valence electrons. The van der Waals surface area contributed by atoms with E-state index in [1.165, 1.54) is 23.1 Å². The molecular weight excluding hydrogens is 306 g/mol. The molecule has 1 aromatic carbocycles. The number of carbonyl (C=O) groups excluding carboxylic acids is 2. The molecule has 0 N–H and O–H groups in total. The minimum absolute atomic E-state index is 0.0166. The molecule has 1 aromatic rings. The fourth-order valence-electron chi connectivity index (χ4n) is 3.03. The second-order valence-electron chi connectivity index (χ2n) is 5.75. The van der Waals surface area contributed by atoms with E-state index in [-0.39, 0.29) is 24.4 Å². The van der Waals surface area contributed by atoms with Gasteiger partial charge >= 0.3 is 0 Å². The summed E-state index contributed by atoms with van der Waals surface area (Å²) in [6.07, 6.45) is -1.26. The van der Waals surface area contributed by atoms with Gasteiger partial charge in [-0.05, 0) is 18.2 Å². The Kier molecular flexibility index (Phi) is 4.56. The molecule has 2 aliphatic rings. The Bertz CT molecular complexity index is 605. The van der Waals surface area contributed by atoms with Crippen molar-refractivity contribution in [2.45, 2.75) is 18.6 Å². The van der Waals surface area contributed by atoms with Crippen LogP contribution in [0, 0.1) is 5.82 Å². The molecule has 5 nitrogen and oxygen atoms in total. The third-order valence-corrected chi connectivity index (χ3v) is 4.19. The summed E-state index contributed by atoms with van der Waals surface area (Å²) in [5, 5.41) is 0. The van der Waals surface area contributed by atoms with E-state index in [4.69, 9.17) is 4.74 Å². The Balaban J connectivity index is 1.79. The third kappa shape index (κ3) is 3.34. The molecular formula is C16H18F2N2O3. The van der Waals surface area contributed by atoms with Gasteiger partial charge in [0.2, 0.25) is 5.91 Å². The number of hydrogen-bond donors (Lipinski definition) is 0. The van der Waals surface area contributed by atoms with Gasteiger partial charge < -0.3 is 14.5 Å². The van der Waals surface area contributed by atoms with Crippen molar-refractivity contribution in [1.82, 2.24) is 9.80 Å². The fraction of sp³-hybridized carbons (Fsp3) is 0.500. The molecule has 0 bridgehead atoms. The highest BCUT2D eigenvalue weighted by Crippen LogP contribution is 2.25. The van der Waals surface area contributed by atoms with Crippen LogP contribution in [0.4, 0.5) is 8.78 Å². The van der Waals surface area contributed by atoms with E-state index in [1.54, 1.807) is 4.90 Å². The van der Waals surface area contributed by atoms with E-state index in [9.17, 15) is 18.4 Å². The van der Waals surface area contributed by atoms with Gasteiger partial charge in [0.05, 0.1) is 19.8 Å². The zero-order valence-electron chi connectivity index (χ0n) is 12.6. The second kappa shape index (κ2) is 6.62. The summed E-state index contributed by atoms with van der Waals surface area (Å²) < 4.78 is 32.3. The predicted molar refractivity (Wildman–Crippen MR) is 78.1 cm³/mol. The first kappa shape index (κ1) is 15.9. The van der Waals surface area contributed by atoms with Gasteiger partial charge in [-0.3, -0.25) is 9.59 Å². The van der Waals surface area contributed by atoms with Crippen LogP contribution in [0.25, 0.3) is 0 Å². The lowest BCUT2D eigenvalue weighted by Crippen LogP contribution is -2.51. The number of alkyl halides is 1. The summed E-state index contributed by atoms with van der Waals surface area (Å²) in [6, 6.07) is 4.38. The molecule has 0 saturated carbocycles. The highest BCUT2D eigenvalue weighted by atomic mass is 19.1. The van der Waals surface area contributed by atoms with Crippen molar-refractivity contribution in [1.29, 1.82) is 0 Å². The number of morpholine rings is 1. The zero-order chi connectivity index (χ0) is 16.4. The summed E-state index contributed by atoms with van der Waals surface area (Å²) in [6.45, 7) is 1.61. The van der Waals surface area contributed by atoms with Gasteiger partial charge in [0.1, 0.15) is 18.0 Å². The normalized spacial score (nSPS) is 24.8. The minimum Gasteiger partial charge on any atom is -0.378 e. The quantitative estimate of drug-likeness (QED) is 0.822. The lowest BCUT2D eigenvalue weighted by Gasteiger charge is -2.32. The molecule has 0 unspecified atom stereocenters. The van der Waals surface area contributed by atoms with E-state index in [0.29, 0.717) is 26.3 Å². The van der Waals surface area contributed by atoms with E-state index < -0.39 is 23.9 Å². The highest BCUT2D eigenvalue weighted by Gasteiger charge is 2.42. The molecule has 2 amide bonds. The topological polar surface area (TPSA) is 49.9 Å². The van der Waals surface area contributed by atoms with Crippen molar-refractivity contribution in [2.24, 2.45) is 0 Å². The van der Waals surface area contributed by atoms with Crippen molar-refractivity contribution >= 4 is 11.8 Å². The first-order chi connectivity index (χ1) is 11.1. The summed E-state index contributed by atoms with van der Waals surface area (Å²) in [5.74, 6) is -1.32. The average Bonchev–Trinajstić information content (AvgIpc) is 2.96. The number of ether oxygens (including phenoxy) is 1. The van der Waals surface area contributed by atoms with Crippen molar-refractivity contribution in [3.8, 4) is 0 Å². The lowest BCUT2D eigenvalue weighted by molar-refractivity contribution is -0.139. The van der Waals surface area contributed by atoms with Gasteiger partial charge in [-0.15, -0.1) is 0 Å². The number of nitrogens with zero attached hydrogens (tertiary/aromatic N) is 2. The highest BCUT2D eigenvalue weighted by molar-refractivity contribution is 5.98. The van der Waals surface area contributed by atoms with Gasteiger partial charge in [-0.2, -0.15) is 0 Å². The third-order valence-electron chi connectivity index (χ3n) is 4.19. The van der Waals surface area contributed by atoms with E-state index in [1.807, 2.05) is 0 Å². The number of hydrogen-bond acceptors (Lipinski definition) is 3. The lowest BCUT2D eigenvalue weighted by atomic mass is 10.1. The number of carbonyl (C=O) groups is 2. The molecule has 23 heavy (non-hydrogen) atoms. The molecule has 2 aliphatic heterocycles. The SMILES string of the molecule is O=C([C@@H]1C[C@H](F)CN1C(=O)c1cccc(F)c1)N1CCOCC1. The number of rotatable bonds is 2. The molecule has 7 heteroatoms. The second-order valence-corrected chi connectivity index (χ2v) is 5.75. The average molecular weight is 324 g/mol. The van der Waals surface area contributed by atoms with Crippen LogP contribution in [0.5, 0.6) is 0 Å². The Labute approximate surface area is 132 Å². The summed E-state index contributed by atoms with van der Waals surface area (Å²) in [4.78, 5) is 27.9.